The van der Waals surface area contributed by atoms with Crippen molar-refractivity contribution in [2.75, 3.05) is 0 Å². The number of ether oxygens (including phenoxy) is 1. The predicted octanol–water partition coefficient (Wildman–Crippen LogP) is 4.92. The number of rotatable bonds is 5. The van der Waals surface area contributed by atoms with Gasteiger partial charge in [0.15, 0.2) is 0 Å². The second-order valence-electron chi connectivity index (χ2n) is 6.57. The van der Waals surface area contributed by atoms with E-state index >= 15 is 0 Å². The van der Waals surface area contributed by atoms with Gasteiger partial charge in [0.1, 0.15) is 18.2 Å². The van der Waals surface area contributed by atoms with Gasteiger partial charge in [-0.3, -0.25) is 4.98 Å². The zero-order valence-corrected chi connectivity index (χ0v) is 16.4. The van der Waals surface area contributed by atoms with Gasteiger partial charge in [0.2, 0.25) is 0 Å². The molecular weight excluding hydrogens is 419 g/mol. The van der Waals surface area contributed by atoms with Crippen LogP contribution >= 0.6 is 11.6 Å². The van der Waals surface area contributed by atoms with Crippen molar-refractivity contribution in [1.29, 1.82) is 0 Å². The van der Waals surface area contributed by atoms with Crippen LogP contribution in [0.4, 0.5) is 13.2 Å². The normalized spacial score (nSPS) is 12.8. The summed E-state index contributed by atoms with van der Waals surface area (Å²) >= 11 is 5.99. The van der Waals surface area contributed by atoms with E-state index < -0.39 is 11.7 Å². The molecule has 0 N–H and O–H groups in total. The molecule has 0 aliphatic carbocycles. The number of benzene rings is 1. The monoisotopic (exact) mass is 433 g/mol. The largest absolute Gasteiger partial charge is 0.484 e. The molecule has 4 aromatic rings. The lowest BCUT2D eigenvalue weighted by Crippen LogP contribution is -2.10. The molecule has 0 aliphatic heterocycles. The van der Waals surface area contributed by atoms with E-state index in [1.165, 1.54) is 6.33 Å². The maximum Gasteiger partial charge on any atom is 0.417 e. The number of pyridine rings is 1. The first kappa shape index (κ1) is 20.1. The van der Waals surface area contributed by atoms with E-state index in [9.17, 15) is 13.2 Å². The first-order valence-electron chi connectivity index (χ1n) is 8.93. The lowest BCUT2D eigenvalue weighted by Gasteiger charge is -2.16. The Bertz CT molecular complexity index is 1180. The average Bonchev–Trinajstić information content (AvgIpc) is 3.19. The number of aromatic nitrogens is 5. The van der Waals surface area contributed by atoms with Crippen molar-refractivity contribution in [1.82, 2.24) is 24.6 Å². The molecule has 0 unspecified atom stereocenters. The third kappa shape index (κ3) is 4.20. The fourth-order valence-electron chi connectivity index (χ4n) is 2.96. The molecular formula is C20H15ClF3N5O. The van der Waals surface area contributed by atoms with Gasteiger partial charge in [-0.05, 0) is 36.8 Å². The number of halogens is 4. The molecule has 154 valence electrons. The molecule has 0 amide bonds. The fourth-order valence-corrected chi connectivity index (χ4v) is 3.19. The van der Waals surface area contributed by atoms with Crippen molar-refractivity contribution in [2.24, 2.45) is 0 Å². The summed E-state index contributed by atoms with van der Waals surface area (Å²) < 4.78 is 45.8. The van der Waals surface area contributed by atoms with Gasteiger partial charge in [-0.1, -0.05) is 23.7 Å². The van der Waals surface area contributed by atoms with Gasteiger partial charge >= 0.3 is 6.18 Å². The third-order valence-electron chi connectivity index (χ3n) is 4.48. The Morgan fingerprint density at radius 1 is 1.10 bits per heavy atom. The summed E-state index contributed by atoms with van der Waals surface area (Å²) in [5, 5.41) is 4.12. The van der Waals surface area contributed by atoms with Crippen LogP contribution in [0.3, 0.4) is 0 Å². The molecule has 4 rings (SSSR count). The topological polar surface area (TPSA) is 65.2 Å². The summed E-state index contributed by atoms with van der Waals surface area (Å²) in [4.78, 5) is 12.0. The molecule has 10 heteroatoms. The molecule has 0 fully saturated rings. The third-order valence-corrected chi connectivity index (χ3v) is 4.81. The average molecular weight is 434 g/mol. The van der Waals surface area contributed by atoms with Crippen LogP contribution in [0, 0.1) is 0 Å². The van der Waals surface area contributed by atoms with E-state index in [-0.39, 0.29) is 11.1 Å². The smallest absolute Gasteiger partial charge is 0.417 e. The molecule has 1 atom stereocenters. The van der Waals surface area contributed by atoms with Gasteiger partial charge in [0, 0.05) is 18.8 Å². The minimum absolute atomic E-state index is 0.0201. The van der Waals surface area contributed by atoms with Gasteiger partial charge in [-0.25, -0.2) is 4.98 Å². The minimum Gasteiger partial charge on any atom is -0.484 e. The SMILES string of the molecule is C[C@H](Oc1ccc(Cc2ncc(C(F)(F)F)cc2Cl)cc1)c1ccnc2ncnn12. The Morgan fingerprint density at radius 3 is 2.57 bits per heavy atom. The van der Waals surface area contributed by atoms with E-state index in [0.29, 0.717) is 23.6 Å². The quantitative estimate of drug-likeness (QED) is 0.447. The van der Waals surface area contributed by atoms with Crippen LogP contribution in [0.25, 0.3) is 5.78 Å². The van der Waals surface area contributed by atoms with E-state index in [1.807, 2.05) is 19.1 Å². The van der Waals surface area contributed by atoms with Crippen LogP contribution in [-0.2, 0) is 12.6 Å². The zero-order valence-electron chi connectivity index (χ0n) is 15.6. The number of alkyl halides is 3. The van der Waals surface area contributed by atoms with Gasteiger partial charge in [0.25, 0.3) is 5.78 Å². The van der Waals surface area contributed by atoms with Crippen molar-refractivity contribution in [3.05, 3.63) is 82.7 Å². The highest BCUT2D eigenvalue weighted by molar-refractivity contribution is 6.31. The Morgan fingerprint density at radius 2 is 1.87 bits per heavy atom. The summed E-state index contributed by atoms with van der Waals surface area (Å²) in [7, 11) is 0. The molecule has 0 saturated heterocycles. The van der Waals surface area contributed by atoms with Gasteiger partial charge < -0.3 is 4.74 Å². The molecule has 30 heavy (non-hydrogen) atoms. The van der Waals surface area contributed by atoms with Gasteiger partial charge in [0.05, 0.1) is 22.0 Å². The lowest BCUT2D eigenvalue weighted by atomic mass is 10.1. The van der Waals surface area contributed by atoms with Crippen molar-refractivity contribution in [3.63, 3.8) is 0 Å². The molecule has 6 nitrogen and oxygen atoms in total. The summed E-state index contributed by atoms with van der Waals surface area (Å²) in [5.41, 5.74) is 1.14. The first-order valence-corrected chi connectivity index (χ1v) is 9.31. The summed E-state index contributed by atoms with van der Waals surface area (Å²) in [6, 6.07) is 9.89. The predicted molar refractivity (Wildman–Crippen MR) is 103 cm³/mol. The van der Waals surface area contributed by atoms with Crippen LogP contribution in [0.5, 0.6) is 5.75 Å². The molecule has 0 bridgehead atoms. The molecule has 3 aromatic heterocycles. The molecule has 3 heterocycles. The summed E-state index contributed by atoms with van der Waals surface area (Å²) in [5.74, 6) is 1.11. The van der Waals surface area contributed by atoms with Gasteiger partial charge in [-0.15, -0.1) is 0 Å². The number of nitrogens with zero attached hydrogens (tertiary/aromatic N) is 5. The van der Waals surface area contributed by atoms with Crippen LogP contribution in [0.15, 0.2) is 55.1 Å². The van der Waals surface area contributed by atoms with Crippen molar-refractivity contribution in [3.8, 4) is 5.75 Å². The van der Waals surface area contributed by atoms with Crippen LogP contribution in [-0.4, -0.2) is 24.6 Å². The molecule has 1 aromatic carbocycles. The van der Waals surface area contributed by atoms with Crippen LogP contribution < -0.4 is 4.74 Å². The molecule has 0 spiro atoms. The number of hydrogen-bond donors (Lipinski definition) is 0. The zero-order chi connectivity index (χ0) is 21.3. The number of fused-ring (bicyclic) bond motifs is 1. The Hall–Kier alpha value is -3.20. The van der Waals surface area contributed by atoms with E-state index in [4.69, 9.17) is 16.3 Å². The lowest BCUT2D eigenvalue weighted by molar-refractivity contribution is -0.137. The first-order chi connectivity index (χ1) is 14.3. The van der Waals surface area contributed by atoms with Gasteiger partial charge in [-0.2, -0.15) is 27.8 Å². The minimum atomic E-state index is -4.47. The van der Waals surface area contributed by atoms with E-state index in [0.717, 1.165) is 23.5 Å². The molecule has 0 radical (unpaired) electrons. The molecule has 0 aliphatic rings. The van der Waals surface area contributed by atoms with Crippen molar-refractivity contribution in [2.45, 2.75) is 25.6 Å². The second kappa shape index (κ2) is 7.91. The van der Waals surface area contributed by atoms with E-state index in [2.05, 4.69) is 20.1 Å². The fraction of sp³-hybridized carbons (Fsp3) is 0.200. The van der Waals surface area contributed by atoms with Crippen LogP contribution in [0.2, 0.25) is 5.02 Å². The van der Waals surface area contributed by atoms with E-state index in [1.54, 1.807) is 28.9 Å². The Kier molecular flexibility index (Phi) is 5.29. The molecule has 0 saturated carbocycles. The van der Waals surface area contributed by atoms with Crippen LogP contribution in [0.1, 0.15) is 35.5 Å². The maximum atomic E-state index is 12.7. The highest BCUT2D eigenvalue weighted by Crippen LogP contribution is 2.31. The Labute approximate surface area is 174 Å². The maximum absolute atomic E-state index is 12.7. The summed E-state index contributed by atoms with van der Waals surface area (Å²) in [6.45, 7) is 1.89. The van der Waals surface area contributed by atoms with Crippen molar-refractivity contribution >= 4 is 17.4 Å². The second-order valence-corrected chi connectivity index (χ2v) is 6.98. The number of hydrogen-bond acceptors (Lipinski definition) is 5. The standard InChI is InChI=1S/C20H15ClF3N5O/c1-12(18-6-7-25-19-27-11-28-29(18)19)30-15-4-2-13(3-5-15)8-17-16(21)9-14(10-26-17)20(22,23)24/h2-7,9-12H,8H2,1H3/t12-/m0/s1. The highest BCUT2D eigenvalue weighted by atomic mass is 35.5. The van der Waals surface area contributed by atoms with Crippen molar-refractivity contribution < 1.29 is 17.9 Å². The summed E-state index contributed by atoms with van der Waals surface area (Å²) in [6.07, 6.45) is -0.625. The highest BCUT2D eigenvalue weighted by Gasteiger charge is 2.31. The Balaban J connectivity index is 1.46.